The number of anilines is 3. The second-order valence-electron chi connectivity index (χ2n) is 7.53. The van der Waals surface area contributed by atoms with Gasteiger partial charge in [-0.1, -0.05) is 60.7 Å². The van der Waals surface area contributed by atoms with Crippen molar-refractivity contribution in [3.8, 4) is 5.75 Å². The number of ether oxygens (including phenoxy) is 1. The van der Waals surface area contributed by atoms with Gasteiger partial charge >= 0.3 is 5.97 Å². The third kappa shape index (κ3) is 3.53. The first-order chi connectivity index (χ1) is 16.0. The summed E-state index contributed by atoms with van der Waals surface area (Å²) >= 11 is 0. The molecule has 0 fully saturated rings. The fraction of sp³-hybridized carbons (Fsp3) is 0. The van der Waals surface area contributed by atoms with Crippen molar-refractivity contribution in [2.75, 3.05) is 11.1 Å². The number of carbonyl (C=O) groups is 3. The summed E-state index contributed by atoms with van der Waals surface area (Å²) in [6, 6.07) is 25.7. The molecule has 0 bridgehead atoms. The SMILES string of the molecule is Nc1c(C(=O)Oc2ccccc2)cc(Nc2ccccc2)c2c1C(=O)c1ccccc1C2=O. The molecule has 6 nitrogen and oxygen atoms in total. The molecule has 160 valence electrons. The van der Waals surface area contributed by atoms with Crippen LogP contribution in [0.4, 0.5) is 17.1 Å². The topological polar surface area (TPSA) is 98.5 Å². The van der Waals surface area contributed by atoms with Gasteiger partial charge in [0.05, 0.1) is 28.1 Å². The molecule has 5 rings (SSSR count). The summed E-state index contributed by atoms with van der Waals surface area (Å²) in [5.74, 6) is -1.14. The van der Waals surface area contributed by atoms with E-state index in [4.69, 9.17) is 10.5 Å². The van der Waals surface area contributed by atoms with Gasteiger partial charge in [-0.15, -0.1) is 0 Å². The van der Waals surface area contributed by atoms with Crippen LogP contribution >= 0.6 is 0 Å². The largest absolute Gasteiger partial charge is 0.423 e. The van der Waals surface area contributed by atoms with E-state index in [1.807, 2.05) is 30.3 Å². The minimum Gasteiger partial charge on any atom is -0.423 e. The van der Waals surface area contributed by atoms with E-state index < -0.39 is 11.8 Å². The zero-order chi connectivity index (χ0) is 22.9. The summed E-state index contributed by atoms with van der Waals surface area (Å²) in [7, 11) is 0. The van der Waals surface area contributed by atoms with Gasteiger partial charge in [0, 0.05) is 16.8 Å². The molecular formula is C27H18N2O4. The van der Waals surface area contributed by atoms with E-state index in [-0.39, 0.29) is 33.7 Å². The first kappa shape index (κ1) is 20.2. The summed E-state index contributed by atoms with van der Waals surface area (Å²) in [5.41, 5.74) is 7.91. The number of nitrogen functional groups attached to an aromatic ring is 1. The van der Waals surface area contributed by atoms with Crippen LogP contribution in [-0.2, 0) is 0 Å². The molecule has 0 spiro atoms. The second-order valence-corrected chi connectivity index (χ2v) is 7.53. The lowest BCUT2D eigenvalue weighted by Crippen LogP contribution is -2.25. The maximum absolute atomic E-state index is 13.4. The first-order valence-electron chi connectivity index (χ1n) is 10.3. The highest BCUT2D eigenvalue weighted by Crippen LogP contribution is 2.39. The van der Waals surface area contributed by atoms with Crippen molar-refractivity contribution in [2.45, 2.75) is 0 Å². The van der Waals surface area contributed by atoms with Gasteiger partial charge in [-0.3, -0.25) is 9.59 Å². The monoisotopic (exact) mass is 434 g/mol. The van der Waals surface area contributed by atoms with Crippen molar-refractivity contribution >= 4 is 34.6 Å². The summed E-state index contributed by atoms with van der Waals surface area (Å²) in [4.78, 5) is 39.9. The van der Waals surface area contributed by atoms with Gasteiger partial charge in [-0.2, -0.15) is 0 Å². The van der Waals surface area contributed by atoms with Crippen LogP contribution < -0.4 is 15.8 Å². The molecule has 0 amide bonds. The molecular weight excluding hydrogens is 416 g/mol. The zero-order valence-corrected chi connectivity index (χ0v) is 17.4. The Morgan fingerprint density at radius 2 is 1.27 bits per heavy atom. The predicted molar refractivity (Wildman–Crippen MR) is 125 cm³/mol. The van der Waals surface area contributed by atoms with E-state index in [9.17, 15) is 14.4 Å². The van der Waals surface area contributed by atoms with E-state index in [0.29, 0.717) is 22.7 Å². The van der Waals surface area contributed by atoms with Crippen molar-refractivity contribution in [2.24, 2.45) is 0 Å². The van der Waals surface area contributed by atoms with Crippen LogP contribution in [0.5, 0.6) is 5.75 Å². The average Bonchev–Trinajstić information content (AvgIpc) is 2.84. The second kappa shape index (κ2) is 8.09. The van der Waals surface area contributed by atoms with Gasteiger partial charge in [0.25, 0.3) is 0 Å². The lowest BCUT2D eigenvalue weighted by molar-refractivity contribution is 0.0735. The van der Waals surface area contributed by atoms with Crippen molar-refractivity contribution < 1.29 is 19.1 Å². The third-order valence-corrected chi connectivity index (χ3v) is 5.46. The molecule has 3 N–H and O–H groups in total. The Bertz CT molecular complexity index is 1410. The molecule has 0 unspecified atom stereocenters. The molecule has 33 heavy (non-hydrogen) atoms. The minimum atomic E-state index is -0.725. The van der Waals surface area contributed by atoms with Crippen LogP contribution in [0.1, 0.15) is 42.2 Å². The molecule has 4 aromatic rings. The Hall–Kier alpha value is -4.71. The molecule has 1 aliphatic carbocycles. The Balaban J connectivity index is 1.69. The Labute approximate surface area is 189 Å². The number of para-hydroxylation sites is 2. The standard InChI is InChI=1S/C27H18N2O4/c28-24-20(27(32)33-17-11-5-2-6-12-17)15-21(29-16-9-3-1-4-10-16)22-23(24)26(31)19-14-8-7-13-18(19)25(22)30/h1-15,29H,28H2. The van der Waals surface area contributed by atoms with Crippen LogP contribution in [0.3, 0.4) is 0 Å². The number of nitrogens with two attached hydrogens (primary N) is 1. The summed E-state index contributed by atoms with van der Waals surface area (Å²) in [6.07, 6.45) is 0. The lowest BCUT2D eigenvalue weighted by Gasteiger charge is -2.24. The molecule has 0 radical (unpaired) electrons. The number of nitrogens with one attached hydrogen (secondary N) is 1. The summed E-state index contributed by atoms with van der Waals surface area (Å²) in [6.45, 7) is 0. The minimum absolute atomic E-state index is 0.000331. The van der Waals surface area contributed by atoms with Gasteiger partial charge in [-0.25, -0.2) is 4.79 Å². The fourth-order valence-corrected chi connectivity index (χ4v) is 3.91. The van der Waals surface area contributed by atoms with E-state index >= 15 is 0 Å². The molecule has 4 aromatic carbocycles. The quantitative estimate of drug-likeness (QED) is 0.234. The molecule has 0 saturated carbocycles. The number of carbonyl (C=O) groups excluding carboxylic acids is 3. The lowest BCUT2D eigenvalue weighted by atomic mass is 9.81. The van der Waals surface area contributed by atoms with Crippen molar-refractivity contribution in [1.82, 2.24) is 0 Å². The number of rotatable bonds is 4. The number of benzene rings is 4. The summed E-state index contributed by atoms with van der Waals surface area (Å²) in [5, 5.41) is 3.16. The molecule has 0 aliphatic heterocycles. The molecule has 0 heterocycles. The van der Waals surface area contributed by atoms with Crippen molar-refractivity contribution in [3.63, 3.8) is 0 Å². The van der Waals surface area contributed by atoms with Gasteiger partial charge in [0.15, 0.2) is 11.6 Å². The number of hydrogen-bond acceptors (Lipinski definition) is 6. The van der Waals surface area contributed by atoms with Crippen LogP contribution in [-0.4, -0.2) is 17.5 Å². The molecule has 0 saturated heterocycles. The van der Waals surface area contributed by atoms with Crippen LogP contribution in [0.15, 0.2) is 91.0 Å². The van der Waals surface area contributed by atoms with E-state index in [2.05, 4.69) is 5.32 Å². The fourth-order valence-electron chi connectivity index (χ4n) is 3.91. The Morgan fingerprint density at radius 1 is 0.727 bits per heavy atom. The zero-order valence-electron chi connectivity index (χ0n) is 17.4. The van der Waals surface area contributed by atoms with Crippen LogP contribution in [0.25, 0.3) is 0 Å². The third-order valence-electron chi connectivity index (χ3n) is 5.46. The summed E-state index contributed by atoms with van der Waals surface area (Å²) < 4.78 is 5.47. The molecule has 0 atom stereocenters. The highest BCUT2D eigenvalue weighted by Gasteiger charge is 2.36. The molecule has 6 heteroatoms. The first-order valence-corrected chi connectivity index (χ1v) is 10.3. The average molecular weight is 434 g/mol. The highest BCUT2D eigenvalue weighted by molar-refractivity contribution is 6.32. The van der Waals surface area contributed by atoms with Crippen LogP contribution in [0, 0.1) is 0 Å². The molecule has 1 aliphatic rings. The van der Waals surface area contributed by atoms with E-state index in [1.54, 1.807) is 54.6 Å². The van der Waals surface area contributed by atoms with Crippen molar-refractivity contribution in [3.05, 3.63) is 119 Å². The smallest absolute Gasteiger partial charge is 0.345 e. The van der Waals surface area contributed by atoms with Crippen molar-refractivity contribution in [1.29, 1.82) is 0 Å². The predicted octanol–water partition coefficient (Wildman–Crippen LogP) is 5.01. The van der Waals surface area contributed by atoms with Gasteiger partial charge in [0.2, 0.25) is 0 Å². The normalized spacial score (nSPS) is 12.0. The number of ketones is 2. The Kier molecular flexibility index (Phi) is 4.95. The number of esters is 1. The molecule has 0 aromatic heterocycles. The Morgan fingerprint density at radius 3 is 1.91 bits per heavy atom. The van der Waals surface area contributed by atoms with Gasteiger partial charge < -0.3 is 15.8 Å². The number of fused-ring (bicyclic) bond motifs is 2. The van der Waals surface area contributed by atoms with Gasteiger partial charge in [-0.05, 0) is 30.3 Å². The van der Waals surface area contributed by atoms with Gasteiger partial charge in [0.1, 0.15) is 5.75 Å². The van der Waals surface area contributed by atoms with Crippen LogP contribution in [0.2, 0.25) is 0 Å². The van der Waals surface area contributed by atoms with E-state index in [0.717, 1.165) is 0 Å². The maximum Gasteiger partial charge on any atom is 0.345 e. The number of hydrogen-bond donors (Lipinski definition) is 2. The maximum atomic E-state index is 13.4. The van der Waals surface area contributed by atoms with E-state index in [1.165, 1.54) is 6.07 Å². The highest BCUT2D eigenvalue weighted by atomic mass is 16.5.